The minimum atomic E-state index is -0.115. The van der Waals surface area contributed by atoms with E-state index in [1.165, 1.54) is 11.3 Å². The normalized spacial score (nSPS) is 11.0. The summed E-state index contributed by atoms with van der Waals surface area (Å²) in [6, 6.07) is 5.84. The Bertz CT molecular complexity index is 627. The molecule has 1 heterocycles. The van der Waals surface area contributed by atoms with Crippen LogP contribution in [0.15, 0.2) is 22.7 Å². The van der Waals surface area contributed by atoms with E-state index in [-0.39, 0.29) is 5.91 Å². The number of carbonyl (C=O) groups is 1. The highest BCUT2D eigenvalue weighted by molar-refractivity contribution is 9.10. The monoisotopic (exact) mass is 370 g/mol. The van der Waals surface area contributed by atoms with Crippen molar-refractivity contribution in [2.24, 2.45) is 0 Å². The number of nitrogen functional groups attached to an aromatic ring is 1. The van der Waals surface area contributed by atoms with E-state index in [0.717, 1.165) is 34.0 Å². The maximum absolute atomic E-state index is 12.2. The summed E-state index contributed by atoms with van der Waals surface area (Å²) in [7, 11) is 0. The summed E-state index contributed by atoms with van der Waals surface area (Å²) >= 11 is 4.90. The number of ether oxygens (including phenoxy) is 1. The van der Waals surface area contributed by atoms with Crippen molar-refractivity contribution in [1.82, 2.24) is 5.32 Å². The molecule has 1 amide bonds. The Hall–Kier alpha value is -1.11. The van der Waals surface area contributed by atoms with Gasteiger partial charge in [-0.15, -0.1) is 11.3 Å². The van der Waals surface area contributed by atoms with Gasteiger partial charge in [-0.05, 0) is 25.0 Å². The van der Waals surface area contributed by atoms with E-state index < -0.39 is 0 Å². The average Bonchev–Trinajstić information content (AvgIpc) is 2.81. The molecule has 2 aromatic rings. The van der Waals surface area contributed by atoms with E-state index in [9.17, 15) is 4.79 Å². The summed E-state index contributed by atoms with van der Waals surface area (Å²) in [6.45, 7) is 4.11. The highest BCUT2D eigenvalue weighted by Crippen LogP contribution is 2.37. The molecule has 0 aliphatic rings. The van der Waals surface area contributed by atoms with Crippen LogP contribution in [0.2, 0.25) is 0 Å². The molecule has 0 aliphatic carbocycles. The Kier molecular flexibility index (Phi) is 6.02. The smallest absolute Gasteiger partial charge is 0.263 e. The highest BCUT2D eigenvalue weighted by atomic mass is 79.9. The molecule has 0 aliphatic heterocycles. The number of hydrogen-bond acceptors (Lipinski definition) is 4. The van der Waals surface area contributed by atoms with Gasteiger partial charge in [0, 0.05) is 34.3 Å². The molecular weight excluding hydrogens is 352 g/mol. The third kappa shape index (κ3) is 3.96. The van der Waals surface area contributed by atoms with Gasteiger partial charge < -0.3 is 15.8 Å². The van der Waals surface area contributed by atoms with Crippen molar-refractivity contribution >= 4 is 48.9 Å². The highest BCUT2D eigenvalue weighted by Gasteiger charge is 2.17. The number of hydrogen-bond donors (Lipinski definition) is 2. The molecule has 0 unspecified atom stereocenters. The SMILES string of the molecule is CCCOCCCNC(=O)c1sc2cccc(Br)c2c1N. The van der Waals surface area contributed by atoms with Crippen LogP contribution in [0.3, 0.4) is 0 Å². The van der Waals surface area contributed by atoms with Crippen LogP contribution in [0.4, 0.5) is 5.69 Å². The van der Waals surface area contributed by atoms with E-state index >= 15 is 0 Å². The molecule has 4 nitrogen and oxygen atoms in total. The zero-order valence-corrected chi connectivity index (χ0v) is 14.4. The number of fused-ring (bicyclic) bond motifs is 1. The number of carbonyl (C=O) groups excluding carboxylic acids is 1. The lowest BCUT2D eigenvalue weighted by Gasteiger charge is -2.05. The van der Waals surface area contributed by atoms with Crippen molar-refractivity contribution in [3.63, 3.8) is 0 Å². The lowest BCUT2D eigenvalue weighted by Crippen LogP contribution is -2.25. The maximum Gasteiger partial charge on any atom is 0.263 e. The summed E-state index contributed by atoms with van der Waals surface area (Å²) in [5.74, 6) is -0.115. The molecule has 6 heteroatoms. The first-order chi connectivity index (χ1) is 10.1. The van der Waals surface area contributed by atoms with Gasteiger partial charge in [-0.1, -0.05) is 28.9 Å². The Labute approximate surface area is 136 Å². The first-order valence-electron chi connectivity index (χ1n) is 6.97. The molecule has 0 saturated heterocycles. The second kappa shape index (κ2) is 7.77. The molecule has 1 aromatic heterocycles. The van der Waals surface area contributed by atoms with Gasteiger partial charge in [-0.3, -0.25) is 4.79 Å². The van der Waals surface area contributed by atoms with Crippen LogP contribution >= 0.6 is 27.3 Å². The molecular formula is C15H19BrN2O2S. The van der Waals surface area contributed by atoms with Crippen LogP contribution in [0.5, 0.6) is 0 Å². The number of nitrogens with one attached hydrogen (secondary N) is 1. The molecule has 2 rings (SSSR count). The fourth-order valence-electron chi connectivity index (χ4n) is 2.00. The standard InChI is InChI=1S/C15H19BrN2O2S/c1-2-8-20-9-4-7-18-15(19)14-13(17)12-10(16)5-3-6-11(12)21-14/h3,5-6H,2,4,7-9,17H2,1H3,(H,18,19). The molecule has 0 radical (unpaired) electrons. The van der Waals surface area contributed by atoms with E-state index in [2.05, 4.69) is 28.2 Å². The maximum atomic E-state index is 12.2. The number of halogens is 1. The second-order valence-corrected chi connectivity index (χ2v) is 6.59. The minimum absolute atomic E-state index is 0.115. The van der Waals surface area contributed by atoms with E-state index in [1.54, 1.807) is 0 Å². The molecule has 0 spiro atoms. The van der Waals surface area contributed by atoms with E-state index in [4.69, 9.17) is 10.5 Å². The Morgan fingerprint density at radius 1 is 1.43 bits per heavy atom. The fraction of sp³-hybridized carbons (Fsp3) is 0.400. The van der Waals surface area contributed by atoms with Crippen molar-refractivity contribution in [3.8, 4) is 0 Å². The van der Waals surface area contributed by atoms with E-state index in [1.807, 2.05) is 18.2 Å². The van der Waals surface area contributed by atoms with Gasteiger partial charge in [0.1, 0.15) is 4.88 Å². The molecule has 0 atom stereocenters. The zero-order valence-electron chi connectivity index (χ0n) is 11.9. The van der Waals surface area contributed by atoms with Crippen LogP contribution in [-0.2, 0) is 4.74 Å². The van der Waals surface area contributed by atoms with Crippen molar-refractivity contribution < 1.29 is 9.53 Å². The van der Waals surface area contributed by atoms with Gasteiger partial charge in [0.2, 0.25) is 0 Å². The lowest BCUT2D eigenvalue weighted by molar-refractivity contribution is 0.0946. The Morgan fingerprint density at radius 2 is 2.24 bits per heavy atom. The average molecular weight is 371 g/mol. The lowest BCUT2D eigenvalue weighted by atomic mass is 10.2. The van der Waals surface area contributed by atoms with Gasteiger partial charge in [0.05, 0.1) is 5.69 Å². The summed E-state index contributed by atoms with van der Waals surface area (Å²) < 4.78 is 7.31. The van der Waals surface area contributed by atoms with Crippen LogP contribution in [0.25, 0.3) is 10.1 Å². The summed E-state index contributed by atoms with van der Waals surface area (Å²) in [5.41, 5.74) is 6.65. The first-order valence-corrected chi connectivity index (χ1v) is 8.58. The minimum Gasteiger partial charge on any atom is -0.397 e. The van der Waals surface area contributed by atoms with Crippen molar-refractivity contribution in [2.45, 2.75) is 19.8 Å². The summed E-state index contributed by atoms with van der Waals surface area (Å²) in [5, 5.41) is 3.81. The predicted octanol–water partition coefficient (Wildman–Crippen LogP) is 3.79. The fourth-order valence-corrected chi connectivity index (χ4v) is 3.78. The van der Waals surface area contributed by atoms with Crippen LogP contribution in [0, 0.1) is 0 Å². The number of amides is 1. The molecule has 3 N–H and O–H groups in total. The first kappa shape index (κ1) is 16.3. The largest absolute Gasteiger partial charge is 0.397 e. The number of nitrogens with two attached hydrogens (primary N) is 1. The number of anilines is 1. The summed E-state index contributed by atoms with van der Waals surface area (Å²) in [4.78, 5) is 12.8. The molecule has 0 saturated carbocycles. The van der Waals surface area contributed by atoms with Crippen molar-refractivity contribution in [2.75, 3.05) is 25.5 Å². The third-order valence-electron chi connectivity index (χ3n) is 3.01. The zero-order chi connectivity index (χ0) is 15.2. The molecule has 1 aromatic carbocycles. The second-order valence-electron chi connectivity index (χ2n) is 4.68. The van der Waals surface area contributed by atoms with Gasteiger partial charge in [-0.2, -0.15) is 0 Å². The summed E-state index contributed by atoms with van der Waals surface area (Å²) in [6.07, 6.45) is 1.82. The van der Waals surface area contributed by atoms with Crippen molar-refractivity contribution in [1.29, 1.82) is 0 Å². The number of rotatable bonds is 7. The van der Waals surface area contributed by atoms with Gasteiger partial charge >= 0.3 is 0 Å². The quantitative estimate of drug-likeness (QED) is 0.728. The van der Waals surface area contributed by atoms with Gasteiger partial charge in [0.15, 0.2) is 0 Å². The molecule has 0 bridgehead atoms. The van der Waals surface area contributed by atoms with E-state index in [0.29, 0.717) is 23.7 Å². The predicted molar refractivity (Wildman–Crippen MR) is 92.0 cm³/mol. The van der Waals surface area contributed by atoms with Crippen molar-refractivity contribution in [3.05, 3.63) is 27.5 Å². The number of benzene rings is 1. The Balaban J connectivity index is 1.97. The molecule has 21 heavy (non-hydrogen) atoms. The Morgan fingerprint density at radius 3 is 2.95 bits per heavy atom. The van der Waals surface area contributed by atoms with Crippen LogP contribution in [-0.4, -0.2) is 25.7 Å². The van der Waals surface area contributed by atoms with Gasteiger partial charge in [-0.25, -0.2) is 0 Å². The van der Waals surface area contributed by atoms with Crippen LogP contribution < -0.4 is 11.1 Å². The third-order valence-corrected chi connectivity index (χ3v) is 4.84. The topological polar surface area (TPSA) is 64.3 Å². The molecule has 0 fully saturated rings. The van der Waals surface area contributed by atoms with Crippen LogP contribution in [0.1, 0.15) is 29.4 Å². The van der Waals surface area contributed by atoms with Gasteiger partial charge in [0.25, 0.3) is 5.91 Å². The number of thiophene rings is 1. The molecule has 114 valence electrons.